The Kier molecular flexibility index (Phi) is 4.73. The Hall–Kier alpha value is -2.05. The molecule has 2 rings (SSSR count). The normalized spacial score (nSPS) is 21.6. The smallest absolute Gasteiger partial charge is 0.314 e. The van der Waals surface area contributed by atoms with E-state index in [9.17, 15) is 22.8 Å². The number of nitrogens with zero attached hydrogens (tertiary/aromatic N) is 1. The minimum absolute atomic E-state index is 0.100. The number of carbonyl (C=O) groups is 2. The molecule has 120 valence electrons. The van der Waals surface area contributed by atoms with Crippen molar-refractivity contribution < 1.29 is 22.8 Å². The summed E-state index contributed by atoms with van der Waals surface area (Å²) in [5.41, 5.74) is -0.561. The van der Waals surface area contributed by atoms with Gasteiger partial charge in [0.25, 0.3) is 0 Å². The second kappa shape index (κ2) is 6.37. The van der Waals surface area contributed by atoms with Gasteiger partial charge >= 0.3 is 11.8 Å². The molecular formula is C15H17F3N2O2. The SMILES string of the molecule is CC1CCCC(C)N1C(=O)C(=O)Nc1ccc(F)c(F)c1F. The number of likely N-dealkylation sites (tertiary alicyclic amines) is 1. The van der Waals surface area contributed by atoms with E-state index in [4.69, 9.17) is 0 Å². The Balaban J connectivity index is 2.15. The largest absolute Gasteiger partial charge is 0.329 e. The molecule has 7 heteroatoms. The quantitative estimate of drug-likeness (QED) is 0.640. The Morgan fingerprint density at radius 2 is 1.68 bits per heavy atom. The van der Waals surface area contributed by atoms with E-state index in [2.05, 4.69) is 0 Å². The summed E-state index contributed by atoms with van der Waals surface area (Å²) in [7, 11) is 0. The fourth-order valence-electron chi connectivity index (χ4n) is 2.74. The third kappa shape index (κ3) is 3.08. The van der Waals surface area contributed by atoms with E-state index in [0.717, 1.165) is 25.3 Å². The number of amides is 2. The van der Waals surface area contributed by atoms with Gasteiger partial charge in [-0.3, -0.25) is 9.59 Å². The van der Waals surface area contributed by atoms with Gasteiger partial charge < -0.3 is 10.2 Å². The highest BCUT2D eigenvalue weighted by atomic mass is 19.2. The first-order valence-electron chi connectivity index (χ1n) is 7.10. The van der Waals surface area contributed by atoms with E-state index < -0.39 is 35.0 Å². The summed E-state index contributed by atoms with van der Waals surface area (Å²) in [6.45, 7) is 3.66. The van der Waals surface area contributed by atoms with E-state index in [0.29, 0.717) is 6.07 Å². The van der Waals surface area contributed by atoms with Crippen molar-refractivity contribution in [1.82, 2.24) is 4.90 Å². The molecule has 0 aliphatic carbocycles. The Morgan fingerprint density at radius 1 is 1.09 bits per heavy atom. The second-order valence-corrected chi connectivity index (χ2v) is 5.52. The van der Waals surface area contributed by atoms with Gasteiger partial charge in [0.05, 0.1) is 5.69 Å². The molecule has 4 nitrogen and oxygen atoms in total. The summed E-state index contributed by atoms with van der Waals surface area (Å²) in [6.07, 6.45) is 2.53. The third-order valence-electron chi connectivity index (χ3n) is 3.91. The number of carbonyl (C=O) groups excluding carboxylic acids is 2. The monoisotopic (exact) mass is 314 g/mol. The lowest BCUT2D eigenvalue weighted by atomic mass is 9.97. The number of hydrogen-bond donors (Lipinski definition) is 1. The summed E-state index contributed by atoms with van der Waals surface area (Å²) >= 11 is 0. The van der Waals surface area contributed by atoms with Gasteiger partial charge in [-0.25, -0.2) is 13.2 Å². The maximum absolute atomic E-state index is 13.5. The van der Waals surface area contributed by atoms with Gasteiger partial charge in [-0.2, -0.15) is 0 Å². The molecule has 0 aromatic heterocycles. The van der Waals surface area contributed by atoms with Crippen LogP contribution >= 0.6 is 0 Å². The summed E-state index contributed by atoms with van der Waals surface area (Å²) in [5, 5.41) is 2.00. The minimum Gasteiger partial charge on any atom is -0.329 e. The van der Waals surface area contributed by atoms with Crippen molar-refractivity contribution in [2.24, 2.45) is 0 Å². The van der Waals surface area contributed by atoms with Crippen LogP contribution in [-0.4, -0.2) is 28.8 Å². The van der Waals surface area contributed by atoms with Crippen molar-refractivity contribution in [3.8, 4) is 0 Å². The highest BCUT2D eigenvalue weighted by molar-refractivity contribution is 6.39. The molecule has 1 saturated heterocycles. The maximum Gasteiger partial charge on any atom is 0.314 e. The molecule has 2 unspecified atom stereocenters. The van der Waals surface area contributed by atoms with Crippen molar-refractivity contribution in [2.45, 2.75) is 45.2 Å². The van der Waals surface area contributed by atoms with Gasteiger partial charge in [-0.05, 0) is 45.2 Å². The number of benzene rings is 1. The van der Waals surface area contributed by atoms with Crippen LogP contribution in [0.15, 0.2) is 12.1 Å². The number of anilines is 1. The number of rotatable bonds is 1. The van der Waals surface area contributed by atoms with Crippen molar-refractivity contribution in [3.05, 3.63) is 29.6 Å². The first kappa shape index (κ1) is 16.3. The topological polar surface area (TPSA) is 49.4 Å². The molecule has 1 aliphatic heterocycles. The summed E-state index contributed by atoms with van der Waals surface area (Å²) in [6, 6.07) is 1.36. The first-order valence-corrected chi connectivity index (χ1v) is 7.10. The third-order valence-corrected chi connectivity index (χ3v) is 3.91. The Morgan fingerprint density at radius 3 is 2.27 bits per heavy atom. The first-order chi connectivity index (χ1) is 10.3. The second-order valence-electron chi connectivity index (χ2n) is 5.52. The van der Waals surface area contributed by atoms with Gasteiger partial charge in [0.15, 0.2) is 17.5 Å². The number of piperidine rings is 1. The average molecular weight is 314 g/mol. The van der Waals surface area contributed by atoms with Gasteiger partial charge in [0.2, 0.25) is 0 Å². The highest BCUT2D eigenvalue weighted by Crippen LogP contribution is 2.24. The van der Waals surface area contributed by atoms with Crippen molar-refractivity contribution in [3.63, 3.8) is 0 Å². The van der Waals surface area contributed by atoms with E-state index in [1.807, 2.05) is 19.2 Å². The van der Waals surface area contributed by atoms with Crippen molar-refractivity contribution >= 4 is 17.5 Å². The zero-order chi connectivity index (χ0) is 16.4. The fourth-order valence-corrected chi connectivity index (χ4v) is 2.74. The van der Waals surface area contributed by atoms with Crippen LogP contribution in [0.5, 0.6) is 0 Å². The van der Waals surface area contributed by atoms with E-state index in [1.54, 1.807) is 0 Å². The minimum atomic E-state index is -1.69. The van der Waals surface area contributed by atoms with Crippen molar-refractivity contribution in [1.29, 1.82) is 0 Å². The molecule has 1 aromatic carbocycles. The van der Waals surface area contributed by atoms with Crippen LogP contribution in [0, 0.1) is 17.5 Å². The molecular weight excluding hydrogens is 297 g/mol. The summed E-state index contributed by atoms with van der Waals surface area (Å²) in [5.74, 6) is -6.44. The van der Waals surface area contributed by atoms with Crippen LogP contribution in [0.3, 0.4) is 0 Å². The number of nitrogens with one attached hydrogen (secondary N) is 1. The lowest BCUT2D eigenvalue weighted by molar-refractivity contribution is -0.147. The summed E-state index contributed by atoms with van der Waals surface area (Å²) < 4.78 is 39.5. The van der Waals surface area contributed by atoms with Crippen LogP contribution in [0.25, 0.3) is 0 Å². The van der Waals surface area contributed by atoms with E-state index in [1.165, 1.54) is 4.90 Å². The predicted molar refractivity (Wildman–Crippen MR) is 74.6 cm³/mol. The van der Waals surface area contributed by atoms with Crippen LogP contribution in [0.1, 0.15) is 33.1 Å². The van der Waals surface area contributed by atoms with Gasteiger partial charge in [-0.1, -0.05) is 0 Å². The predicted octanol–water partition coefficient (Wildman–Crippen LogP) is 2.83. The maximum atomic E-state index is 13.5. The molecule has 2 amide bonds. The van der Waals surface area contributed by atoms with Crippen LogP contribution in [0.4, 0.5) is 18.9 Å². The molecule has 0 spiro atoms. The Labute approximate surface area is 126 Å². The standard InChI is InChI=1S/C15H17F3N2O2/c1-8-4-3-5-9(2)20(8)15(22)14(21)19-11-7-6-10(16)12(17)13(11)18/h6-9H,3-5H2,1-2H3,(H,19,21). The fraction of sp³-hybridized carbons (Fsp3) is 0.467. The molecule has 0 radical (unpaired) electrons. The lowest BCUT2D eigenvalue weighted by Gasteiger charge is -2.38. The zero-order valence-corrected chi connectivity index (χ0v) is 12.3. The number of hydrogen-bond acceptors (Lipinski definition) is 2. The van der Waals surface area contributed by atoms with Crippen molar-refractivity contribution in [2.75, 3.05) is 5.32 Å². The highest BCUT2D eigenvalue weighted by Gasteiger charge is 2.33. The molecule has 0 bridgehead atoms. The molecule has 0 saturated carbocycles. The Bertz CT molecular complexity index is 597. The van der Waals surface area contributed by atoms with Crippen LogP contribution in [-0.2, 0) is 9.59 Å². The number of halogens is 3. The molecule has 1 aliphatic rings. The van der Waals surface area contributed by atoms with Crippen LogP contribution < -0.4 is 5.32 Å². The van der Waals surface area contributed by atoms with Gasteiger partial charge in [0.1, 0.15) is 0 Å². The molecule has 22 heavy (non-hydrogen) atoms. The molecule has 1 N–H and O–H groups in total. The summed E-state index contributed by atoms with van der Waals surface area (Å²) in [4.78, 5) is 25.6. The molecule has 1 heterocycles. The molecule has 2 atom stereocenters. The van der Waals surface area contributed by atoms with Gasteiger partial charge in [-0.15, -0.1) is 0 Å². The van der Waals surface area contributed by atoms with Crippen LogP contribution in [0.2, 0.25) is 0 Å². The van der Waals surface area contributed by atoms with E-state index in [-0.39, 0.29) is 12.1 Å². The van der Waals surface area contributed by atoms with Gasteiger partial charge in [0, 0.05) is 12.1 Å². The lowest BCUT2D eigenvalue weighted by Crippen LogP contribution is -2.51. The van der Waals surface area contributed by atoms with E-state index >= 15 is 0 Å². The molecule has 1 aromatic rings. The molecule has 1 fully saturated rings. The zero-order valence-electron chi connectivity index (χ0n) is 12.3. The average Bonchev–Trinajstić information content (AvgIpc) is 2.47.